The predicted octanol–water partition coefficient (Wildman–Crippen LogP) is 3.76. The van der Waals surface area contributed by atoms with Gasteiger partial charge in [-0.05, 0) is 24.5 Å². The van der Waals surface area contributed by atoms with Gasteiger partial charge in [-0.1, -0.05) is 45.2 Å². The van der Waals surface area contributed by atoms with Gasteiger partial charge in [0.15, 0.2) is 0 Å². The van der Waals surface area contributed by atoms with E-state index in [1.807, 2.05) is 0 Å². The number of carboxylic acid groups (broad SMARTS) is 1. The number of unbranched alkanes of at least 4 members (excludes halogenated alkanes) is 1. The minimum absolute atomic E-state index is 0.0147. The first-order valence-corrected chi connectivity index (χ1v) is 7.09. The highest BCUT2D eigenvalue weighted by Gasteiger charge is 2.18. The van der Waals surface area contributed by atoms with Crippen molar-refractivity contribution in [1.82, 2.24) is 0 Å². The van der Waals surface area contributed by atoms with Gasteiger partial charge in [0.1, 0.15) is 0 Å². The second kappa shape index (κ2) is 8.35. The number of hydrogen-bond acceptors (Lipinski definition) is 3. The Morgan fingerprint density at radius 2 is 1.85 bits per heavy atom. The first kappa shape index (κ1) is 16.2. The molecule has 4 nitrogen and oxygen atoms in total. The Hall–Kier alpha value is -1.84. The SMILES string of the molecule is CCCCC(CC)CO[13C](=O)[13c]1cccc[13c]1[13C](=O)O. The van der Waals surface area contributed by atoms with Crippen molar-refractivity contribution in [2.75, 3.05) is 6.61 Å². The third-order valence-electron chi connectivity index (χ3n) is 3.37. The molecule has 0 aromatic heterocycles. The lowest BCUT2D eigenvalue weighted by molar-refractivity contribution is 0.0420. The summed E-state index contributed by atoms with van der Waals surface area (Å²) in [5.41, 5.74) is 0.101. The highest BCUT2D eigenvalue weighted by atomic mass is 16.6. The van der Waals surface area contributed by atoms with Crippen LogP contribution in [-0.4, -0.2) is 23.7 Å². The number of carbonyl (C=O) groups excluding carboxylic acids is 1. The van der Waals surface area contributed by atoms with Crippen LogP contribution in [0.5, 0.6) is 0 Å². The van der Waals surface area contributed by atoms with E-state index in [0.717, 1.165) is 25.7 Å². The maximum atomic E-state index is 12.0. The number of rotatable bonds is 8. The van der Waals surface area contributed by atoms with Gasteiger partial charge in [-0.15, -0.1) is 0 Å². The van der Waals surface area contributed by atoms with Crippen molar-refractivity contribution in [3.05, 3.63) is 35.4 Å². The molecule has 0 heterocycles. The van der Waals surface area contributed by atoms with Gasteiger partial charge in [-0.2, -0.15) is 0 Å². The molecule has 1 rings (SSSR count). The van der Waals surface area contributed by atoms with E-state index in [-0.39, 0.29) is 11.1 Å². The van der Waals surface area contributed by atoms with E-state index in [1.165, 1.54) is 12.1 Å². The van der Waals surface area contributed by atoms with Gasteiger partial charge in [0.25, 0.3) is 0 Å². The zero-order chi connectivity index (χ0) is 15.0. The topological polar surface area (TPSA) is 63.6 Å². The van der Waals surface area contributed by atoms with Crippen LogP contribution in [0.3, 0.4) is 0 Å². The fourth-order valence-electron chi connectivity index (χ4n) is 2.02. The van der Waals surface area contributed by atoms with Crippen molar-refractivity contribution in [3.63, 3.8) is 0 Å². The molecule has 1 aromatic rings. The Labute approximate surface area is 119 Å². The van der Waals surface area contributed by atoms with Crippen LogP contribution < -0.4 is 0 Å². The lowest BCUT2D eigenvalue weighted by Crippen LogP contribution is -2.16. The number of aromatic carboxylic acids is 1. The van der Waals surface area contributed by atoms with Gasteiger partial charge in [-0.25, -0.2) is 9.59 Å². The van der Waals surface area contributed by atoms with Gasteiger partial charge in [0, 0.05) is 0 Å². The fourth-order valence-corrected chi connectivity index (χ4v) is 2.02. The molecule has 0 bridgehead atoms. The van der Waals surface area contributed by atoms with Crippen molar-refractivity contribution >= 4 is 11.9 Å². The molecule has 0 saturated carbocycles. The van der Waals surface area contributed by atoms with Crippen molar-refractivity contribution in [2.45, 2.75) is 39.5 Å². The maximum absolute atomic E-state index is 12.0. The molecule has 1 unspecified atom stereocenters. The summed E-state index contributed by atoms with van der Waals surface area (Å²) in [6.45, 7) is 4.55. The minimum atomic E-state index is -1.12. The van der Waals surface area contributed by atoms with E-state index >= 15 is 0 Å². The molecule has 0 aliphatic heterocycles. The van der Waals surface area contributed by atoms with Crippen LogP contribution in [0, 0.1) is 5.92 Å². The second-order valence-electron chi connectivity index (χ2n) is 4.87. The standard InChI is InChI=1S/C16H22O4/c1-3-5-8-12(4-2)11-20-16(19)14-10-7-6-9-13(14)15(17)18/h6-7,9-10,12H,3-5,8,11H2,1-2H3,(H,17,18)/i13+1,14+1,15+1,16+1. The van der Waals surface area contributed by atoms with Crippen LogP contribution in [0.25, 0.3) is 0 Å². The number of ether oxygens (including phenoxy) is 1. The molecule has 1 atom stereocenters. The number of carbonyl (C=O) groups is 2. The summed E-state index contributed by atoms with van der Waals surface area (Å²) in [6.07, 6.45) is 4.21. The average Bonchev–Trinajstić information content (AvgIpc) is 2.47. The zero-order valence-corrected chi connectivity index (χ0v) is 12.1. The van der Waals surface area contributed by atoms with Crippen LogP contribution in [0.15, 0.2) is 24.3 Å². The van der Waals surface area contributed by atoms with Crippen LogP contribution >= 0.6 is 0 Å². The normalized spacial score (nSPS) is 11.9. The quantitative estimate of drug-likeness (QED) is 0.582. The first-order valence-electron chi connectivity index (χ1n) is 7.09. The van der Waals surface area contributed by atoms with Crippen LogP contribution in [-0.2, 0) is 4.74 Å². The van der Waals surface area contributed by atoms with E-state index in [0.29, 0.717) is 12.5 Å². The highest BCUT2D eigenvalue weighted by Crippen LogP contribution is 2.15. The van der Waals surface area contributed by atoms with E-state index in [1.54, 1.807) is 12.1 Å². The molecule has 0 aliphatic rings. The monoisotopic (exact) mass is 282 g/mol. The van der Waals surface area contributed by atoms with Gasteiger partial charge in [-0.3, -0.25) is 0 Å². The average molecular weight is 282 g/mol. The van der Waals surface area contributed by atoms with Gasteiger partial charge in [0.05, 0.1) is 17.7 Å². The molecule has 0 fully saturated rings. The molecular weight excluding hydrogens is 260 g/mol. The summed E-state index contributed by atoms with van der Waals surface area (Å²) in [6, 6.07) is 6.12. The maximum Gasteiger partial charge on any atom is 0.339 e. The van der Waals surface area contributed by atoms with Gasteiger partial charge < -0.3 is 9.84 Å². The largest absolute Gasteiger partial charge is 0.478 e. The van der Waals surface area contributed by atoms with Gasteiger partial charge in [0.2, 0.25) is 0 Å². The molecule has 1 aromatic carbocycles. The summed E-state index contributed by atoms with van der Waals surface area (Å²) in [7, 11) is 0. The van der Waals surface area contributed by atoms with Crippen molar-refractivity contribution < 1.29 is 19.4 Å². The van der Waals surface area contributed by atoms with E-state index < -0.39 is 11.9 Å². The van der Waals surface area contributed by atoms with Gasteiger partial charge >= 0.3 is 11.9 Å². The first-order chi connectivity index (χ1) is 9.60. The van der Waals surface area contributed by atoms with Crippen molar-refractivity contribution in [2.24, 2.45) is 5.92 Å². The molecule has 0 aliphatic carbocycles. The lowest BCUT2D eigenvalue weighted by atomic mass is 10.0. The second-order valence-corrected chi connectivity index (χ2v) is 4.87. The van der Waals surface area contributed by atoms with Crippen molar-refractivity contribution in [3.8, 4) is 0 Å². The van der Waals surface area contributed by atoms with E-state index in [2.05, 4.69) is 13.8 Å². The fraction of sp³-hybridized carbons (Fsp3) is 0.500. The number of esters is 1. The number of carboxylic acids is 1. The van der Waals surface area contributed by atoms with E-state index in [9.17, 15) is 9.59 Å². The number of benzene rings is 1. The van der Waals surface area contributed by atoms with Crippen LogP contribution in [0.4, 0.5) is 0 Å². The molecule has 0 saturated heterocycles. The molecule has 0 radical (unpaired) electrons. The lowest BCUT2D eigenvalue weighted by Gasteiger charge is -2.15. The molecule has 110 valence electrons. The Morgan fingerprint density at radius 1 is 1.20 bits per heavy atom. The number of hydrogen-bond donors (Lipinski definition) is 1. The molecule has 4 heteroatoms. The third kappa shape index (κ3) is 4.68. The Bertz CT molecular complexity index is 454. The molecule has 0 spiro atoms. The van der Waals surface area contributed by atoms with E-state index in [4.69, 9.17) is 9.84 Å². The Kier molecular flexibility index (Phi) is 6.77. The van der Waals surface area contributed by atoms with Crippen molar-refractivity contribution in [1.29, 1.82) is 0 Å². The molecule has 1 N–H and O–H groups in total. The summed E-state index contributed by atoms with van der Waals surface area (Å²) in [5.74, 6) is -1.33. The van der Waals surface area contributed by atoms with Crippen LogP contribution in [0.1, 0.15) is 60.2 Å². The minimum Gasteiger partial charge on any atom is -0.478 e. The summed E-state index contributed by atoms with van der Waals surface area (Å²) >= 11 is 0. The smallest absolute Gasteiger partial charge is 0.339 e. The Morgan fingerprint density at radius 3 is 2.40 bits per heavy atom. The van der Waals surface area contributed by atoms with Crippen LogP contribution in [0.2, 0.25) is 0 Å². The summed E-state index contributed by atoms with van der Waals surface area (Å²) in [4.78, 5) is 23.0. The summed E-state index contributed by atoms with van der Waals surface area (Å²) < 4.78 is 5.27. The predicted molar refractivity (Wildman–Crippen MR) is 77.0 cm³/mol. The Balaban J connectivity index is 2.65. The molecule has 0 amide bonds. The molecule has 20 heavy (non-hydrogen) atoms. The molecular formula is C16H22O4. The third-order valence-corrected chi connectivity index (χ3v) is 3.37. The highest BCUT2D eigenvalue weighted by molar-refractivity contribution is 6.02. The summed E-state index contributed by atoms with van der Waals surface area (Å²) in [5, 5.41) is 9.05. The zero-order valence-electron chi connectivity index (χ0n) is 12.1.